The molecule has 1 unspecified atom stereocenters. The number of carbonyl (C=O) groups is 2. The monoisotopic (exact) mass is 342 g/mol. The van der Waals surface area contributed by atoms with E-state index in [0.717, 1.165) is 12.8 Å². The molecule has 0 spiro atoms. The third-order valence-corrected chi connectivity index (χ3v) is 4.44. The SMILES string of the molecule is CC(C)(O)C1CCCN1C(=O)c1cccc(NC(=O)c2ccco2)c1. The Morgan fingerprint density at radius 2 is 2.08 bits per heavy atom. The van der Waals surface area contributed by atoms with Crippen molar-refractivity contribution in [1.29, 1.82) is 0 Å². The van der Waals surface area contributed by atoms with Crippen LogP contribution in [0.1, 0.15) is 47.6 Å². The molecule has 0 saturated carbocycles. The number of aliphatic hydroxyl groups is 1. The van der Waals surface area contributed by atoms with Crippen molar-refractivity contribution in [2.75, 3.05) is 11.9 Å². The lowest BCUT2D eigenvalue weighted by Gasteiger charge is -2.33. The second-order valence-corrected chi connectivity index (χ2v) is 6.82. The minimum absolute atomic E-state index is 0.140. The maximum absolute atomic E-state index is 12.9. The third kappa shape index (κ3) is 3.74. The highest BCUT2D eigenvalue weighted by Crippen LogP contribution is 2.28. The van der Waals surface area contributed by atoms with E-state index in [9.17, 15) is 14.7 Å². The molecule has 1 fully saturated rings. The first-order valence-electron chi connectivity index (χ1n) is 8.34. The summed E-state index contributed by atoms with van der Waals surface area (Å²) in [5, 5.41) is 13.0. The minimum atomic E-state index is -0.947. The maximum atomic E-state index is 12.9. The molecule has 2 aromatic rings. The van der Waals surface area contributed by atoms with Crippen LogP contribution in [0.25, 0.3) is 0 Å². The molecular weight excluding hydrogens is 320 g/mol. The average Bonchev–Trinajstić information content (AvgIpc) is 3.25. The third-order valence-electron chi connectivity index (χ3n) is 4.44. The standard InChI is InChI=1S/C19H22N2O4/c1-19(2,24)16-9-4-10-21(16)18(23)13-6-3-7-14(12-13)20-17(22)15-8-5-11-25-15/h3,5-8,11-12,16,24H,4,9-10H2,1-2H3,(H,20,22). The molecule has 2 amide bonds. The van der Waals surface area contributed by atoms with Gasteiger partial charge in [0, 0.05) is 17.8 Å². The second-order valence-electron chi connectivity index (χ2n) is 6.82. The first-order chi connectivity index (χ1) is 11.9. The number of rotatable bonds is 4. The molecule has 1 aromatic heterocycles. The van der Waals surface area contributed by atoms with Crippen molar-refractivity contribution in [2.24, 2.45) is 0 Å². The summed E-state index contributed by atoms with van der Waals surface area (Å²) in [5.74, 6) is -0.303. The normalized spacial score (nSPS) is 17.6. The van der Waals surface area contributed by atoms with Gasteiger partial charge in [-0.05, 0) is 57.0 Å². The van der Waals surface area contributed by atoms with Gasteiger partial charge in [-0.25, -0.2) is 0 Å². The van der Waals surface area contributed by atoms with E-state index >= 15 is 0 Å². The van der Waals surface area contributed by atoms with Crippen LogP contribution < -0.4 is 5.32 Å². The first-order valence-corrected chi connectivity index (χ1v) is 8.34. The fraction of sp³-hybridized carbons (Fsp3) is 0.368. The molecule has 2 N–H and O–H groups in total. The van der Waals surface area contributed by atoms with Gasteiger partial charge >= 0.3 is 0 Å². The molecule has 25 heavy (non-hydrogen) atoms. The molecule has 132 valence electrons. The Morgan fingerprint density at radius 3 is 2.76 bits per heavy atom. The largest absolute Gasteiger partial charge is 0.459 e. The lowest BCUT2D eigenvalue weighted by atomic mass is 9.96. The Kier molecular flexibility index (Phi) is 4.63. The van der Waals surface area contributed by atoms with E-state index < -0.39 is 5.60 Å². The molecule has 0 bridgehead atoms. The van der Waals surface area contributed by atoms with Crippen LogP contribution in [0.15, 0.2) is 47.1 Å². The summed E-state index contributed by atoms with van der Waals surface area (Å²) in [5.41, 5.74) is 0.0525. The number of nitrogens with zero attached hydrogens (tertiary/aromatic N) is 1. The topological polar surface area (TPSA) is 82.8 Å². The fourth-order valence-electron chi connectivity index (χ4n) is 3.24. The average molecular weight is 342 g/mol. The van der Waals surface area contributed by atoms with Crippen LogP contribution in [0.4, 0.5) is 5.69 Å². The van der Waals surface area contributed by atoms with E-state index in [1.807, 2.05) is 0 Å². The zero-order valence-electron chi connectivity index (χ0n) is 14.4. The fourth-order valence-corrected chi connectivity index (χ4v) is 3.24. The van der Waals surface area contributed by atoms with Crippen molar-refractivity contribution < 1.29 is 19.1 Å². The quantitative estimate of drug-likeness (QED) is 0.895. The Morgan fingerprint density at radius 1 is 1.28 bits per heavy atom. The molecule has 1 aliphatic heterocycles. The number of hydrogen-bond donors (Lipinski definition) is 2. The van der Waals surface area contributed by atoms with Gasteiger partial charge in [0.25, 0.3) is 11.8 Å². The van der Waals surface area contributed by atoms with Crippen LogP contribution in [0.2, 0.25) is 0 Å². The van der Waals surface area contributed by atoms with Crippen LogP contribution in [-0.4, -0.2) is 40.0 Å². The van der Waals surface area contributed by atoms with Crippen LogP contribution in [0, 0.1) is 0 Å². The molecule has 0 aliphatic carbocycles. The highest BCUT2D eigenvalue weighted by Gasteiger charge is 2.38. The number of nitrogens with one attached hydrogen (secondary N) is 1. The second kappa shape index (κ2) is 6.72. The van der Waals surface area contributed by atoms with Gasteiger partial charge in [-0.1, -0.05) is 6.07 Å². The van der Waals surface area contributed by atoms with Crippen LogP contribution in [0.5, 0.6) is 0 Å². The van der Waals surface area contributed by atoms with Crippen molar-refractivity contribution in [3.05, 3.63) is 54.0 Å². The van der Waals surface area contributed by atoms with Gasteiger partial charge in [0.15, 0.2) is 5.76 Å². The molecule has 2 heterocycles. The lowest BCUT2D eigenvalue weighted by Crippen LogP contribution is -2.48. The van der Waals surface area contributed by atoms with E-state index in [1.165, 1.54) is 6.26 Å². The van der Waals surface area contributed by atoms with E-state index in [-0.39, 0.29) is 23.6 Å². The van der Waals surface area contributed by atoms with Gasteiger partial charge in [-0.3, -0.25) is 9.59 Å². The minimum Gasteiger partial charge on any atom is -0.459 e. The number of anilines is 1. The molecule has 6 heteroatoms. The highest BCUT2D eigenvalue weighted by atomic mass is 16.3. The zero-order valence-corrected chi connectivity index (χ0v) is 14.4. The Hall–Kier alpha value is -2.60. The Bertz CT molecular complexity index is 762. The number of benzene rings is 1. The van der Waals surface area contributed by atoms with Crippen molar-refractivity contribution in [3.8, 4) is 0 Å². The number of carbonyl (C=O) groups excluding carboxylic acids is 2. The Labute approximate surface area is 146 Å². The van der Waals surface area contributed by atoms with E-state index in [0.29, 0.717) is 17.8 Å². The lowest BCUT2D eigenvalue weighted by molar-refractivity contribution is 0.000339. The zero-order chi connectivity index (χ0) is 18.0. The molecule has 1 aromatic carbocycles. The number of furan rings is 1. The van der Waals surface area contributed by atoms with E-state index in [4.69, 9.17) is 4.42 Å². The first kappa shape index (κ1) is 17.2. The van der Waals surface area contributed by atoms with E-state index in [2.05, 4.69) is 5.32 Å². The van der Waals surface area contributed by atoms with Gasteiger partial charge in [-0.15, -0.1) is 0 Å². The summed E-state index contributed by atoms with van der Waals surface area (Å²) >= 11 is 0. The predicted molar refractivity (Wildman–Crippen MR) is 93.5 cm³/mol. The van der Waals surface area contributed by atoms with Crippen LogP contribution in [0.3, 0.4) is 0 Å². The highest BCUT2D eigenvalue weighted by molar-refractivity contribution is 6.03. The maximum Gasteiger partial charge on any atom is 0.291 e. The van der Waals surface area contributed by atoms with Crippen molar-refractivity contribution in [2.45, 2.75) is 38.3 Å². The number of likely N-dealkylation sites (tertiary alicyclic amines) is 1. The Balaban J connectivity index is 1.77. The van der Waals surface area contributed by atoms with Crippen LogP contribution in [-0.2, 0) is 0 Å². The molecule has 0 radical (unpaired) electrons. The summed E-state index contributed by atoms with van der Waals surface area (Å²) < 4.78 is 5.06. The van der Waals surface area contributed by atoms with Gasteiger partial charge in [-0.2, -0.15) is 0 Å². The summed E-state index contributed by atoms with van der Waals surface area (Å²) in [7, 11) is 0. The van der Waals surface area contributed by atoms with Crippen molar-refractivity contribution >= 4 is 17.5 Å². The molecule has 1 aliphatic rings. The molecular formula is C19H22N2O4. The van der Waals surface area contributed by atoms with Crippen molar-refractivity contribution in [3.63, 3.8) is 0 Å². The number of amides is 2. The van der Waals surface area contributed by atoms with Crippen LogP contribution >= 0.6 is 0 Å². The summed E-state index contributed by atoms with van der Waals surface area (Å²) in [6.45, 7) is 4.07. The molecule has 1 saturated heterocycles. The van der Waals surface area contributed by atoms with Gasteiger partial charge < -0.3 is 19.7 Å². The number of hydrogen-bond acceptors (Lipinski definition) is 4. The molecule has 1 atom stereocenters. The predicted octanol–water partition coefficient (Wildman–Crippen LogP) is 2.91. The van der Waals surface area contributed by atoms with Gasteiger partial charge in [0.05, 0.1) is 17.9 Å². The molecule has 3 rings (SSSR count). The smallest absolute Gasteiger partial charge is 0.291 e. The summed E-state index contributed by atoms with van der Waals surface area (Å²) in [6.07, 6.45) is 3.08. The molecule has 6 nitrogen and oxygen atoms in total. The van der Waals surface area contributed by atoms with E-state index in [1.54, 1.807) is 55.1 Å². The van der Waals surface area contributed by atoms with Gasteiger partial charge in [0.1, 0.15) is 0 Å². The van der Waals surface area contributed by atoms with Crippen molar-refractivity contribution in [1.82, 2.24) is 4.90 Å². The van der Waals surface area contributed by atoms with Gasteiger partial charge in [0.2, 0.25) is 0 Å². The summed E-state index contributed by atoms with van der Waals surface area (Å²) in [6, 6.07) is 9.80. The summed E-state index contributed by atoms with van der Waals surface area (Å²) in [4.78, 5) is 26.6.